The van der Waals surface area contributed by atoms with Crippen LogP contribution in [0.25, 0.3) is 0 Å². The van der Waals surface area contributed by atoms with Gasteiger partial charge in [-0.1, -0.05) is 5.21 Å². The molecule has 84 valence electrons. The predicted octanol–water partition coefficient (Wildman–Crippen LogP) is 0.437. The molecular formula is C10H18N4O. The van der Waals surface area contributed by atoms with Crippen LogP contribution in [0.1, 0.15) is 19.3 Å². The first-order valence-electron chi connectivity index (χ1n) is 5.61. The molecule has 2 heterocycles. The molecule has 1 fully saturated rings. The summed E-state index contributed by atoms with van der Waals surface area (Å²) in [6, 6.07) is 0. The van der Waals surface area contributed by atoms with Gasteiger partial charge in [0, 0.05) is 19.3 Å². The minimum Gasteiger partial charge on any atom is -0.378 e. The van der Waals surface area contributed by atoms with Gasteiger partial charge in [-0.15, -0.1) is 5.10 Å². The second-order valence-electron chi connectivity index (χ2n) is 3.84. The summed E-state index contributed by atoms with van der Waals surface area (Å²) < 4.78 is 7.37. The normalized spacial score (nSPS) is 20.9. The maximum Gasteiger partial charge on any atom is 0.0692 e. The summed E-state index contributed by atoms with van der Waals surface area (Å²) in [6.45, 7) is 3.80. The molecule has 15 heavy (non-hydrogen) atoms. The van der Waals surface area contributed by atoms with Crippen molar-refractivity contribution in [2.75, 3.05) is 19.7 Å². The molecule has 0 saturated carbocycles. The fraction of sp³-hybridized carbons (Fsp3) is 0.800. The highest BCUT2D eigenvalue weighted by Crippen LogP contribution is 2.14. The zero-order valence-corrected chi connectivity index (χ0v) is 8.93. The molecule has 1 aliphatic rings. The predicted molar refractivity (Wildman–Crippen MR) is 56.5 cm³/mol. The Hall–Kier alpha value is -0.940. The Balaban J connectivity index is 1.48. The van der Waals surface area contributed by atoms with E-state index in [0.717, 1.165) is 32.7 Å². The molecule has 5 nitrogen and oxygen atoms in total. The third-order valence-electron chi connectivity index (χ3n) is 2.66. The van der Waals surface area contributed by atoms with Gasteiger partial charge in [0.1, 0.15) is 0 Å². The van der Waals surface area contributed by atoms with E-state index in [4.69, 9.17) is 4.74 Å². The van der Waals surface area contributed by atoms with E-state index in [1.807, 2.05) is 10.9 Å². The van der Waals surface area contributed by atoms with Gasteiger partial charge < -0.3 is 10.1 Å². The minimum atomic E-state index is 0.490. The first kappa shape index (κ1) is 10.6. The summed E-state index contributed by atoms with van der Waals surface area (Å²) in [4.78, 5) is 0. The minimum absolute atomic E-state index is 0.490. The van der Waals surface area contributed by atoms with Gasteiger partial charge in [0.2, 0.25) is 0 Å². The quantitative estimate of drug-likeness (QED) is 0.692. The number of hydrogen-bond acceptors (Lipinski definition) is 4. The topological polar surface area (TPSA) is 52.0 Å². The Kier molecular flexibility index (Phi) is 4.11. The second-order valence-corrected chi connectivity index (χ2v) is 3.84. The zero-order chi connectivity index (χ0) is 10.3. The number of rotatable bonds is 6. The number of ether oxygens (including phenoxy) is 1. The van der Waals surface area contributed by atoms with Gasteiger partial charge in [-0.3, -0.25) is 4.68 Å². The van der Waals surface area contributed by atoms with Gasteiger partial charge in [-0.2, -0.15) is 0 Å². The van der Waals surface area contributed by atoms with Gasteiger partial charge in [0.25, 0.3) is 0 Å². The maximum atomic E-state index is 5.54. The zero-order valence-electron chi connectivity index (χ0n) is 8.93. The van der Waals surface area contributed by atoms with Crippen LogP contribution >= 0.6 is 0 Å². The van der Waals surface area contributed by atoms with Gasteiger partial charge in [-0.05, 0) is 25.8 Å². The smallest absolute Gasteiger partial charge is 0.0692 e. The Morgan fingerprint density at radius 1 is 1.47 bits per heavy atom. The van der Waals surface area contributed by atoms with Crippen molar-refractivity contribution in [3.05, 3.63) is 12.4 Å². The lowest BCUT2D eigenvalue weighted by atomic mass is 10.2. The van der Waals surface area contributed by atoms with Crippen LogP contribution in [-0.4, -0.2) is 40.8 Å². The van der Waals surface area contributed by atoms with Crippen molar-refractivity contribution in [2.45, 2.75) is 31.9 Å². The van der Waals surface area contributed by atoms with Crippen molar-refractivity contribution in [2.24, 2.45) is 0 Å². The average Bonchev–Trinajstić information content (AvgIpc) is 2.88. The van der Waals surface area contributed by atoms with Gasteiger partial charge in [0.15, 0.2) is 0 Å². The number of aromatic nitrogens is 3. The highest BCUT2D eigenvalue weighted by molar-refractivity contribution is 4.67. The molecule has 0 spiro atoms. The first-order valence-corrected chi connectivity index (χ1v) is 5.61. The third kappa shape index (κ3) is 3.60. The number of nitrogens with one attached hydrogen (secondary N) is 1. The fourth-order valence-corrected chi connectivity index (χ4v) is 1.81. The molecule has 5 heteroatoms. The van der Waals surface area contributed by atoms with Gasteiger partial charge in [-0.25, -0.2) is 0 Å². The third-order valence-corrected chi connectivity index (χ3v) is 2.66. The van der Waals surface area contributed by atoms with E-state index in [1.54, 1.807) is 6.20 Å². The van der Waals surface area contributed by atoms with E-state index in [2.05, 4.69) is 15.6 Å². The molecule has 1 atom stereocenters. The fourth-order valence-electron chi connectivity index (χ4n) is 1.81. The molecule has 1 saturated heterocycles. The maximum absolute atomic E-state index is 5.54. The molecule has 0 aromatic carbocycles. The summed E-state index contributed by atoms with van der Waals surface area (Å²) in [5.74, 6) is 0. The highest BCUT2D eigenvalue weighted by Gasteiger charge is 2.14. The van der Waals surface area contributed by atoms with E-state index in [0.29, 0.717) is 6.10 Å². The second kappa shape index (κ2) is 5.82. The Morgan fingerprint density at radius 3 is 3.20 bits per heavy atom. The van der Waals surface area contributed by atoms with Crippen molar-refractivity contribution in [3.63, 3.8) is 0 Å². The molecular weight excluding hydrogens is 192 g/mol. The van der Waals surface area contributed by atoms with Crippen molar-refractivity contribution in [1.29, 1.82) is 0 Å². The summed E-state index contributed by atoms with van der Waals surface area (Å²) in [5.41, 5.74) is 0. The van der Waals surface area contributed by atoms with E-state index in [9.17, 15) is 0 Å². The lowest BCUT2D eigenvalue weighted by Crippen LogP contribution is -2.24. The van der Waals surface area contributed by atoms with E-state index in [-0.39, 0.29) is 0 Å². The molecule has 1 aliphatic heterocycles. The average molecular weight is 210 g/mol. The molecule has 0 radical (unpaired) electrons. The summed E-state index contributed by atoms with van der Waals surface area (Å²) in [7, 11) is 0. The van der Waals surface area contributed by atoms with E-state index >= 15 is 0 Å². The van der Waals surface area contributed by atoms with Crippen LogP contribution in [0, 0.1) is 0 Å². The van der Waals surface area contributed by atoms with Crippen LogP contribution in [0.2, 0.25) is 0 Å². The van der Waals surface area contributed by atoms with Gasteiger partial charge >= 0.3 is 0 Å². The Bertz CT molecular complexity index is 256. The van der Waals surface area contributed by atoms with Gasteiger partial charge in [0.05, 0.1) is 18.8 Å². The lowest BCUT2D eigenvalue weighted by molar-refractivity contribution is 0.104. The molecule has 2 rings (SSSR count). The van der Waals surface area contributed by atoms with Crippen LogP contribution in [0.4, 0.5) is 0 Å². The van der Waals surface area contributed by atoms with E-state index in [1.165, 1.54) is 12.8 Å². The van der Waals surface area contributed by atoms with Crippen LogP contribution in [0.15, 0.2) is 12.4 Å². The van der Waals surface area contributed by atoms with E-state index < -0.39 is 0 Å². The summed E-state index contributed by atoms with van der Waals surface area (Å²) in [6.07, 6.45) is 7.64. The van der Waals surface area contributed by atoms with Crippen molar-refractivity contribution >= 4 is 0 Å². The molecule has 1 aromatic heterocycles. The summed E-state index contributed by atoms with van der Waals surface area (Å²) in [5, 5.41) is 11.0. The molecule has 0 bridgehead atoms. The largest absolute Gasteiger partial charge is 0.378 e. The van der Waals surface area contributed by atoms with Crippen LogP contribution in [0.3, 0.4) is 0 Å². The lowest BCUT2D eigenvalue weighted by Gasteiger charge is -2.09. The first-order chi connectivity index (χ1) is 7.45. The Labute approximate surface area is 89.8 Å². The monoisotopic (exact) mass is 210 g/mol. The number of nitrogens with zero attached hydrogens (tertiary/aromatic N) is 3. The SMILES string of the molecule is c1cn(CCNCCC2CCCO2)nn1. The van der Waals surface area contributed by atoms with Crippen molar-refractivity contribution in [1.82, 2.24) is 20.3 Å². The van der Waals surface area contributed by atoms with Crippen molar-refractivity contribution in [3.8, 4) is 0 Å². The molecule has 0 amide bonds. The molecule has 1 N–H and O–H groups in total. The van der Waals surface area contributed by atoms with Crippen LogP contribution in [0.5, 0.6) is 0 Å². The molecule has 1 unspecified atom stereocenters. The highest BCUT2D eigenvalue weighted by atomic mass is 16.5. The summed E-state index contributed by atoms with van der Waals surface area (Å²) >= 11 is 0. The Morgan fingerprint density at radius 2 is 2.47 bits per heavy atom. The molecule has 1 aromatic rings. The number of hydrogen-bond donors (Lipinski definition) is 1. The van der Waals surface area contributed by atoms with Crippen LogP contribution < -0.4 is 5.32 Å². The van der Waals surface area contributed by atoms with Crippen molar-refractivity contribution < 1.29 is 4.74 Å². The standard InChI is InChI=1S/C10H18N4O/c1-2-10(15-9-1)3-4-11-5-7-14-8-6-12-13-14/h6,8,10-11H,1-5,7,9H2. The van der Waals surface area contributed by atoms with Crippen LogP contribution in [-0.2, 0) is 11.3 Å². The molecule has 0 aliphatic carbocycles.